The lowest BCUT2D eigenvalue weighted by Crippen LogP contribution is -2.26. The number of nitrogens with one attached hydrogen (secondary N) is 2. The van der Waals surface area contributed by atoms with Crippen molar-refractivity contribution in [1.29, 1.82) is 5.26 Å². The predicted molar refractivity (Wildman–Crippen MR) is 87.7 cm³/mol. The molecule has 1 rings (SSSR count). The van der Waals surface area contributed by atoms with Gasteiger partial charge in [0.15, 0.2) is 0 Å². The molecule has 0 fully saturated rings. The van der Waals surface area contributed by atoms with Crippen molar-refractivity contribution in [2.45, 2.75) is 18.2 Å². The van der Waals surface area contributed by atoms with E-state index >= 15 is 0 Å². The fraction of sp³-hybridized carbons (Fsp3) is 0.333. The van der Waals surface area contributed by atoms with Gasteiger partial charge in [0.25, 0.3) is 16.0 Å². The number of carbonyl (C=O) groups is 1. The molecule has 0 saturated carbocycles. The van der Waals surface area contributed by atoms with Gasteiger partial charge < -0.3 is 15.4 Å². The van der Waals surface area contributed by atoms with Gasteiger partial charge in [-0.15, -0.1) is 0 Å². The molecule has 3 N–H and O–H groups in total. The first-order chi connectivity index (χ1) is 11.4. The maximum atomic E-state index is 11.8. The molecule has 130 valence electrons. The minimum absolute atomic E-state index is 0.163. The number of amides is 1. The second-order valence-corrected chi connectivity index (χ2v) is 6.04. The van der Waals surface area contributed by atoms with Crippen molar-refractivity contribution < 1.29 is 22.5 Å². The molecule has 0 spiro atoms. The Balaban J connectivity index is 2.66. The van der Waals surface area contributed by atoms with Gasteiger partial charge in [0.2, 0.25) is 0 Å². The first-order valence-electron chi connectivity index (χ1n) is 7.18. The molecule has 0 heterocycles. The molecule has 0 saturated heterocycles. The Morgan fingerprint density at radius 3 is 2.83 bits per heavy atom. The van der Waals surface area contributed by atoms with E-state index in [4.69, 9.17) is 14.6 Å². The van der Waals surface area contributed by atoms with Crippen LogP contribution in [0.1, 0.15) is 13.3 Å². The first-order valence-corrected chi connectivity index (χ1v) is 8.62. The lowest BCUT2D eigenvalue weighted by atomic mass is 10.2. The third-order valence-electron chi connectivity index (χ3n) is 2.84. The van der Waals surface area contributed by atoms with Crippen molar-refractivity contribution in [3.05, 3.63) is 36.0 Å². The fourth-order valence-corrected chi connectivity index (χ4v) is 2.19. The maximum absolute atomic E-state index is 11.8. The zero-order valence-corrected chi connectivity index (χ0v) is 14.0. The number of hydrogen-bond acceptors (Lipinski definition) is 6. The summed E-state index contributed by atoms with van der Waals surface area (Å²) in [6, 6.07) is 7.10. The number of carbonyl (C=O) groups excluding carboxylic acids is 1. The Labute approximate surface area is 140 Å². The van der Waals surface area contributed by atoms with E-state index in [1.165, 1.54) is 30.5 Å². The third kappa shape index (κ3) is 6.78. The van der Waals surface area contributed by atoms with Crippen LogP contribution in [-0.2, 0) is 19.6 Å². The molecule has 9 heteroatoms. The topological polar surface area (TPSA) is 129 Å². The van der Waals surface area contributed by atoms with E-state index in [0.29, 0.717) is 31.9 Å². The van der Waals surface area contributed by atoms with Gasteiger partial charge in [-0.25, -0.2) is 0 Å². The summed E-state index contributed by atoms with van der Waals surface area (Å²) in [5.74, 6) is -0.549. The largest absolute Gasteiger partial charge is 0.382 e. The van der Waals surface area contributed by atoms with E-state index in [0.717, 1.165) is 0 Å². The van der Waals surface area contributed by atoms with E-state index in [1.54, 1.807) is 6.07 Å². The van der Waals surface area contributed by atoms with Crippen LogP contribution in [0.15, 0.2) is 40.9 Å². The summed E-state index contributed by atoms with van der Waals surface area (Å²) in [6.45, 7) is 3.36. The maximum Gasteiger partial charge on any atom is 0.294 e. The van der Waals surface area contributed by atoms with Gasteiger partial charge in [0.05, 0.1) is 4.90 Å². The van der Waals surface area contributed by atoms with E-state index in [9.17, 15) is 13.2 Å². The Morgan fingerprint density at radius 1 is 1.46 bits per heavy atom. The quantitative estimate of drug-likeness (QED) is 0.264. The average molecular weight is 353 g/mol. The van der Waals surface area contributed by atoms with Crippen LogP contribution in [0.4, 0.5) is 5.69 Å². The molecule has 0 radical (unpaired) electrons. The van der Waals surface area contributed by atoms with Crippen molar-refractivity contribution in [1.82, 2.24) is 5.32 Å². The molecule has 0 atom stereocenters. The molecule has 1 aromatic rings. The van der Waals surface area contributed by atoms with Gasteiger partial charge in [-0.2, -0.15) is 13.7 Å². The molecular weight excluding hydrogens is 334 g/mol. The van der Waals surface area contributed by atoms with Crippen LogP contribution in [0.5, 0.6) is 0 Å². The van der Waals surface area contributed by atoms with Gasteiger partial charge in [0.1, 0.15) is 11.6 Å². The summed E-state index contributed by atoms with van der Waals surface area (Å²) in [4.78, 5) is 11.5. The molecule has 0 unspecified atom stereocenters. The highest BCUT2D eigenvalue weighted by molar-refractivity contribution is 7.85. The Hall–Kier alpha value is -2.41. The number of nitriles is 1. The molecule has 24 heavy (non-hydrogen) atoms. The number of hydrogen-bond donors (Lipinski definition) is 3. The second-order valence-electron chi connectivity index (χ2n) is 4.62. The predicted octanol–water partition coefficient (Wildman–Crippen LogP) is 1.30. The number of anilines is 1. The molecule has 0 aliphatic heterocycles. The summed E-state index contributed by atoms with van der Waals surface area (Å²) in [6.07, 6.45) is 1.79. The van der Waals surface area contributed by atoms with E-state index < -0.39 is 16.0 Å². The minimum atomic E-state index is -4.32. The Morgan fingerprint density at radius 2 is 2.21 bits per heavy atom. The second kappa shape index (κ2) is 9.67. The third-order valence-corrected chi connectivity index (χ3v) is 3.68. The molecule has 8 nitrogen and oxygen atoms in total. The van der Waals surface area contributed by atoms with Gasteiger partial charge in [-0.1, -0.05) is 6.07 Å². The molecule has 1 amide bonds. The van der Waals surface area contributed by atoms with Crippen molar-refractivity contribution in [2.24, 2.45) is 0 Å². The summed E-state index contributed by atoms with van der Waals surface area (Å²) in [7, 11) is -4.32. The molecule has 1 aromatic carbocycles. The first kappa shape index (κ1) is 19.6. The standard InChI is InChI=1S/C15H19N3O5S/c1-2-23-8-4-7-17-15(19)12(10-16)11-18-13-5-3-6-14(9-13)24(20,21)22/h3,5-6,9,11,18H,2,4,7-8H2,1H3,(H,17,19)(H,20,21,22)/b12-11-. The summed E-state index contributed by atoms with van der Waals surface area (Å²) >= 11 is 0. The van der Waals surface area contributed by atoms with Gasteiger partial charge in [-0.3, -0.25) is 9.35 Å². The van der Waals surface area contributed by atoms with Crippen molar-refractivity contribution in [3.63, 3.8) is 0 Å². The highest BCUT2D eigenvalue weighted by Gasteiger charge is 2.10. The van der Waals surface area contributed by atoms with Crippen LogP contribution >= 0.6 is 0 Å². The van der Waals surface area contributed by atoms with Crippen molar-refractivity contribution in [2.75, 3.05) is 25.1 Å². The molecule has 0 aliphatic carbocycles. The Bertz CT molecular complexity index is 738. The monoisotopic (exact) mass is 353 g/mol. The van der Waals surface area contributed by atoms with Crippen molar-refractivity contribution >= 4 is 21.7 Å². The molecule has 0 aliphatic rings. The van der Waals surface area contributed by atoms with Crippen LogP contribution in [0.3, 0.4) is 0 Å². The average Bonchev–Trinajstić information content (AvgIpc) is 2.54. The van der Waals surface area contributed by atoms with Gasteiger partial charge >= 0.3 is 0 Å². The van der Waals surface area contributed by atoms with Crippen LogP contribution < -0.4 is 10.6 Å². The summed E-state index contributed by atoms with van der Waals surface area (Å²) in [5, 5.41) is 14.3. The zero-order chi connectivity index (χ0) is 18.0. The fourth-order valence-electron chi connectivity index (χ4n) is 1.67. The minimum Gasteiger partial charge on any atom is -0.382 e. The van der Waals surface area contributed by atoms with E-state index in [1.807, 2.05) is 6.92 Å². The zero-order valence-electron chi connectivity index (χ0n) is 13.2. The Kier molecular flexibility index (Phi) is 7.91. The van der Waals surface area contributed by atoms with Gasteiger partial charge in [0, 0.05) is 31.6 Å². The highest BCUT2D eigenvalue weighted by atomic mass is 32.2. The number of benzene rings is 1. The van der Waals surface area contributed by atoms with Crippen LogP contribution in [0.2, 0.25) is 0 Å². The van der Waals surface area contributed by atoms with Gasteiger partial charge in [-0.05, 0) is 31.5 Å². The molecule has 0 bridgehead atoms. The summed E-state index contributed by atoms with van der Waals surface area (Å²) in [5.41, 5.74) is 0.144. The van der Waals surface area contributed by atoms with Crippen LogP contribution in [-0.4, -0.2) is 38.6 Å². The number of rotatable bonds is 9. The van der Waals surface area contributed by atoms with Crippen LogP contribution in [0, 0.1) is 11.3 Å². The SMILES string of the molecule is CCOCCCNC(=O)/C(C#N)=C\Nc1cccc(S(=O)(=O)O)c1. The van der Waals surface area contributed by atoms with Crippen LogP contribution in [0.25, 0.3) is 0 Å². The number of nitrogens with zero attached hydrogens (tertiary/aromatic N) is 1. The molecular formula is C15H19N3O5S. The normalized spacial score (nSPS) is 11.6. The smallest absolute Gasteiger partial charge is 0.294 e. The summed E-state index contributed by atoms with van der Waals surface area (Å²) < 4.78 is 36.3. The molecule has 0 aromatic heterocycles. The van der Waals surface area contributed by atoms with Crippen molar-refractivity contribution in [3.8, 4) is 6.07 Å². The lowest BCUT2D eigenvalue weighted by Gasteiger charge is -2.06. The lowest BCUT2D eigenvalue weighted by molar-refractivity contribution is -0.117. The van der Waals surface area contributed by atoms with E-state index in [2.05, 4.69) is 10.6 Å². The number of ether oxygens (including phenoxy) is 1. The highest BCUT2D eigenvalue weighted by Crippen LogP contribution is 2.15. The van der Waals surface area contributed by atoms with E-state index in [-0.39, 0.29) is 10.5 Å².